The van der Waals surface area contributed by atoms with Gasteiger partial charge in [0.1, 0.15) is 11.8 Å². The Morgan fingerprint density at radius 1 is 1.47 bits per heavy atom. The molecule has 0 aromatic carbocycles. The zero-order chi connectivity index (χ0) is 11.8. The molecule has 0 aromatic rings. The molecule has 0 aliphatic heterocycles. The lowest BCUT2D eigenvalue weighted by Gasteiger charge is -1.99. The minimum Gasteiger partial charge on any atom is -0.402 e. The van der Waals surface area contributed by atoms with E-state index in [0.717, 1.165) is 0 Å². The molecule has 2 N–H and O–H groups in total. The molecular formula is C11H14N4. The summed E-state index contributed by atoms with van der Waals surface area (Å²) in [6.07, 6.45) is 3.12. The lowest BCUT2D eigenvalue weighted by atomic mass is 10.1. The second-order valence-corrected chi connectivity index (χ2v) is 2.84. The highest BCUT2D eigenvalue weighted by Crippen LogP contribution is 1.98. The summed E-state index contributed by atoms with van der Waals surface area (Å²) < 4.78 is 0. The van der Waals surface area contributed by atoms with Gasteiger partial charge in [0.25, 0.3) is 0 Å². The Morgan fingerprint density at radius 3 is 2.47 bits per heavy atom. The summed E-state index contributed by atoms with van der Waals surface area (Å²) in [4.78, 5) is 7.78. The molecule has 0 amide bonds. The number of allylic oxidation sites excluding steroid dienone is 4. The van der Waals surface area contributed by atoms with Crippen LogP contribution in [0.1, 0.15) is 6.92 Å². The minimum absolute atomic E-state index is 0.125. The van der Waals surface area contributed by atoms with E-state index in [1.807, 2.05) is 0 Å². The lowest BCUT2D eigenvalue weighted by Crippen LogP contribution is -2.03. The molecule has 0 atom stereocenters. The van der Waals surface area contributed by atoms with Gasteiger partial charge in [-0.15, -0.1) is 0 Å². The van der Waals surface area contributed by atoms with E-state index in [9.17, 15) is 0 Å². The van der Waals surface area contributed by atoms with Crippen molar-refractivity contribution in [3.05, 3.63) is 36.2 Å². The molecule has 0 fully saturated rings. The Hall–Kier alpha value is -2.15. The number of hydrogen-bond donors (Lipinski definition) is 1. The summed E-state index contributed by atoms with van der Waals surface area (Å²) in [6.45, 7) is 8.92. The van der Waals surface area contributed by atoms with Crippen LogP contribution in [0.25, 0.3) is 0 Å². The van der Waals surface area contributed by atoms with Crippen LogP contribution in [-0.4, -0.2) is 19.0 Å². The zero-order valence-electron chi connectivity index (χ0n) is 8.99. The van der Waals surface area contributed by atoms with E-state index in [-0.39, 0.29) is 5.70 Å². The van der Waals surface area contributed by atoms with Crippen LogP contribution < -0.4 is 5.73 Å². The largest absolute Gasteiger partial charge is 0.402 e. The predicted octanol–water partition coefficient (Wildman–Crippen LogP) is 1.58. The number of nitrogens with two attached hydrogens (primary N) is 1. The maximum Gasteiger partial charge on any atom is 0.133 e. The third kappa shape index (κ3) is 5.21. The van der Waals surface area contributed by atoms with Crippen molar-refractivity contribution in [2.24, 2.45) is 15.7 Å². The summed E-state index contributed by atoms with van der Waals surface area (Å²) in [7, 11) is 1.63. The fraction of sp³-hybridized carbons (Fsp3) is 0.182. The molecular weight excluding hydrogens is 188 g/mol. The summed E-state index contributed by atoms with van der Waals surface area (Å²) in [5.41, 5.74) is 7.48. The lowest BCUT2D eigenvalue weighted by molar-refractivity contribution is 1.32. The molecule has 4 heteroatoms. The summed E-state index contributed by atoms with van der Waals surface area (Å²) in [5, 5.41) is 8.43. The first-order chi connectivity index (χ1) is 7.01. The molecule has 78 valence electrons. The Kier molecular flexibility index (Phi) is 5.42. The van der Waals surface area contributed by atoms with Gasteiger partial charge in [0.05, 0.1) is 5.71 Å². The normalized spacial score (nSPS) is 12.6. The van der Waals surface area contributed by atoms with Crippen molar-refractivity contribution in [2.75, 3.05) is 7.05 Å². The van der Waals surface area contributed by atoms with Crippen molar-refractivity contribution in [2.45, 2.75) is 6.92 Å². The number of rotatable bonds is 4. The molecule has 0 unspecified atom stereocenters. The average molecular weight is 202 g/mol. The van der Waals surface area contributed by atoms with Crippen LogP contribution in [0.15, 0.2) is 46.2 Å². The smallest absolute Gasteiger partial charge is 0.133 e. The second kappa shape index (κ2) is 6.33. The highest BCUT2D eigenvalue weighted by atomic mass is 14.7. The molecule has 0 saturated carbocycles. The van der Waals surface area contributed by atoms with E-state index < -0.39 is 0 Å². The topological polar surface area (TPSA) is 74.5 Å². The van der Waals surface area contributed by atoms with E-state index in [4.69, 9.17) is 11.0 Å². The Labute approximate surface area is 89.8 Å². The van der Waals surface area contributed by atoms with E-state index >= 15 is 0 Å². The second-order valence-electron chi connectivity index (χ2n) is 2.84. The van der Waals surface area contributed by atoms with Crippen LogP contribution in [-0.2, 0) is 0 Å². The first-order valence-corrected chi connectivity index (χ1v) is 4.24. The van der Waals surface area contributed by atoms with Crippen LogP contribution in [0.3, 0.4) is 0 Å². The third-order valence-electron chi connectivity index (χ3n) is 1.44. The summed E-state index contributed by atoms with van der Waals surface area (Å²) in [5.74, 6) is 0. The van der Waals surface area contributed by atoms with Crippen LogP contribution in [0.4, 0.5) is 0 Å². The van der Waals surface area contributed by atoms with E-state index in [1.54, 1.807) is 26.1 Å². The Bertz CT molecular complexity index is 387. The van der Waals surface area contributed by atoms with Crippen molar-refractivity contribution >= 4 is 11.9 Å². The summed E-state index contributed by atoms with van der Waals surface area (Å²) >= 11 is 0. The maximum absolute atomic E-state index is 8.43. The molecule has 0 aliphatic rings. The molecule has 0 spiro atoms. The fourth-order valence-corrected chi connectivity index (χ4v) is 0.767. The van der Waals surface area contributed by atoms with Gasteiger partial charge in [-0.3, -0.25) is 4.99 Å². The van der Waals surface area contributed by atoms with Crippen LogP contribution in [0.5, 0.6) is 0 Å². The molecule has 0 heterocycles. The number of hydrogen-bond acceptors (Lipinski definition) is 4. The number of nitriles is 1. The molecule has 0 aliphatic carbocycles. The zero-order valence-corrected chi connectivity index (χ0v) is 8.99. The molecule has 4 nitrogen and oxygen atoms in total. The highest BCUT2D eigenvalue weighted by molar-refractivity contribution is 6.21. The molecule has 0 radical (unpaired) electrons. The van der Waals surface area contributed by atoms with Gasteiger partial charge in [-0.05, 0) is 13.0 Å². The average Bonchev–Trinajstić information content (AvgIpc) is 2.21. The van der Waals surface area contributed by atoms with Crippen molar-refractivity contribution in [3.63, 3.8) is 0 Å². The van der Waals surface area contributed by atoms with Gasteiger partial charge >= 0.3 is 0 Å². The van der Waals surface area contributed by atoms with Crippen molar-refractivity contribution < 1.29 is 0 Å². The molecule has 15 heavy (non-hydrogen) atoms. The van der Waals surface area contributed by atoms with Gasteiger partial charge in [0.15, 0.2) is 0 Å². The van der Waals surface area contributed by atoms with Crippen molar-refractivity contribution in [1.82, 2.24) is 0 Å². The van der Waals surface area contributed by atoms with Gasteiger partial charge in [0, 0.05) is 24.5 Å². The Morgan fingerprint density at radius 2 is 2.07 bits per heavy atom. The first kappa shape index (κ1) is 12.8. The van der Waals surface area contributed by atoms with E-state index in [2.05, 4.69) is 23.1 Å². The standard InChI is InChI=1S/C11H14N4/c1-8(7-15-10(3)6-12)11(14-4)5-9(2)13/h5,7H,1,3,13H2,2,4H3. The van der Waals surface area contributed by atoms with Crippen molar-refractivity contribution in [3.8, 4) is 6.07 Å². The SMILES string of the molecule is C=C(C#N)N=CC(=C)C(C=C(C)N)=NC. The Balaban J connectivity index is 4.73. The third-order valence-corrected chi connectivity index (χ3v) is 1.44. The van der Waals surface area contributed by atoms with Crippen molar-refractivity contribution in [1.29, 1.82) is 5.26 Å². The van der Waals surface area contributed by atoms with Crippen LogP contribution >= 0.6 is 0 Å². The molecule has 0 rings (SSSR count). The van der Waals surface area contributed by atoms with E-state index in [0.29, 0.717) is 17.0 Å². The van der Waals surface area contributed by atoms with E-state index in [1.165, 1.54) is 6.21 Å². The van der Waals surface area contributed by atoms with Gasteiger partial charge in [-0.25, -0.2) is 4.99 Å². The quantitative estimate of drug-likeness (QED) is 0.555. The van der Waals surface area contributed by atoms with Gasteiger partial charge in [-0.2, -0.15) is 5.26 Å². The highest BCUT2D eigenvalue weighted by Gasteiger charge is 1.97. The number of nitrogens with zero attached hydrogens (tertiary/aromatic N) is 3. The van der Waals surface area contributed by atoms with Gasteiger partial charge in [0.2, 0.25) is 0 Å². The minimum atomic E-state index is 0.125. The summed E-state index contributed by atoms with van der Waals surface area (Å²) in [6, 6.07) is 1.80. The maximum atomic E-state index is 8.43. The predicted molar refractivity (Wildman–Crippen MR) is 63.7 cm³/mol. The van der Waals surface area contributed by atoms with Gasteiger partial charge in [-0.1, -0.05) is 13.2 Å². The first-order valence-electron chi connectivity index (χ1n) is 4.24. The van der Waals surface area contributed by atoms with Crippen LogP contribution in [0, 0.1) is 11.3 Å². The molecule has 0 saturated heterocycles. The fourth-order valence-electron chi connectivity index (χ4n) is 0.767. The number of aliphatic imine (C=N–C) groups is 2. The molecule has 0 bridgehead atoms. The molecule has 0 aromatic heterocycles. The van der Waals surface area contributed by atoms with Gasteiger partial charge < -0.3 is 5.73 Å². The van der Waals surface area contributed by atoms with Crippen LogP contribution in [0.2, 0.25) is 0 Å². The monoisotopic (exact) mass is 202 g/mol.